The molecule has 37 heavy (non-hydrogen) atoms. The highest BCUT2D eigenvalue weighted by Crippen LogP contribution is 2.36. The average molecular weight is 500 g/mol. The quantitative estimate of drug-likeness (QED) is 0.317. The van der Waals surface area contributed by atoms with Gasteiger partial charge in [-0.2, -0.15) is 0 Å². The molecular weight excluding hydrogens is 465 g/mol. The Balaban J connectivity index is 1.37. The van der Waals surface area contributed by atoms with Gasteiger partial charge in [-0.1, -0.05) is 49.4 Å². The Hall–Kier alpha value is -3.80. The Bertz CT molecular complexity index is 1370. The summed E-state index contributed by atoms with van der Waals surface area (Å²) in [5.41, 5.74) is 5.25. The number of carbonyl (C=O) groups excluding carboxylic acids is 1. The largest absolute Gasteiger partial charge is 0.492 e. The summed E-state index contributed by atoms with van der Waals surface area (Å²) in [6, 6.07) is 21.0. The van der Waals surface area contributed by atoms with Crippen LogP contribution in [-0.2, 0) is 11.2 Å². The number of para-hydroxylation sites is 3. The fourth-order valence-electron chi connectivity index (χ4n) is 5.45. The second-order valence-electron chi connectivity index (χ2n) is 9.52. The number of rotatable bonds is 8. The number of aromatic amines is 1. The van der Waals surface area contributed by atoms with E-state index in [4.69, 9.17) is 4.74 Å². The maximum atomic E-state index is 14.3. The summed E-state index contributed by atoms with van der Waals surface area (Å²) in [6.07, 6.45) is 3.20. The van der Waals surface area contributed by atoms with Crippen LogP contribution in [0.3, 0.4) is 0 Å². The molecule has 1 fully saturated rings. The molecule has 0 radical (unpaired) electrons. The third kappa shape index (κ3) is 5.19. The van der Waals surface area contributed by atoms with E-state index in [1.165, 1.54) is 11.6 Å². The zero-order valence-corrected chi connectivity index (χ0v) is 21.5. The van der Waals surface area contributed by atoms with Crippen molar-refractivity contribution in [3.63, 3.8) is 0 Å². The lowest BCUT2D eigenvalue weighted by atomic mass is 9.87. The van der Waals surface area contributed by atoms with Crippen molar-refractivity contribution in [2.75, 3.05) is 37.7 Å². The number of aromatic nitrogens is 1. The molecule has 1 amide bonds. The molecule has 1 aliphatic heterocycles. The van der Waals surface area contributed by atoms with Crippen molar-refractivity contribution < 1.29 is 13.9 Å². The van der Waals surface area contributed by atoms with Gasteiger partial charge >= 0.3 is 0 Å². The van der Waals surface area contributed by atoms with Gasteiger partial charge in [0.05, 0.1) is 12.3 Å². The Morgan fingerprint density at radius 3 is 2.54 bits per heavy atom. The van der Waals surface area contributed by atoms with Crippen molar-refractivity contribution in [2.45, 2.75) is 32.6 Å². The van der Waals surface area contributed by atoms with Crippen LogP contribution >= 0.6 is 0 Å². The second kappa shape index (κ2) is 11.1. The predicted octanol–water partition coefficient (Wildman–Crippen LogP) is 6.14. The highest BCUT2D eigenvalue weighted by atomic mass is 19.1. The first kappa shape index (κ1) is 24.9. The first-order valence-corrected chi connectivity index (χ1v) is 13.2. The minimum absolute atomic E-state index is 0.0907. The Kier molecular flexibility index (Phi) is 7.45. The monoisotopic (exact) mass is 499 g/mol. The zero-order valence-electron chi connectivity index (χ0n) is 21.5. The molecule has 3 aromatic carbocycles. The maximum Gasteiger partial charge on any atom is 0.223 e. The minimum atomic E-state index is -0.286. The van der Waals surface area contributed by atoms with Crippen molar-refractivity contribution in [2.24, 2.45) is 0 Å². The van der Waals surface area contributed by atoms with Gasteiger partial charge in [0.1, 0.15) is 11.6 Å². The van der Waals surface area contributed by atoms with Crippen LogP contribution in [0.4, 0.5) is 10.1 Å². The summed E-state index contributed by atoms with van der Waals surface area (Å²) in [5.74, 6) is 0.445. The first-order valence-electron chi connectivity index (χ1n) is 13.2. The molecule has 0 aliphatic carbocycles. The van der Waals surface area contributed by atoms with Gasteiger partial charge in [-0.15, -0.1) is 0 Å². The molecule has 4 aromatic rings. The molecular formula is C31H34FN3O2. The standard InChI is InChI=1S/C31H34FN3O2/c1-3-22-9-8-12-25-27(21-33-31(22)25)26(23-10-7-11-24(32)19-23)20-30(36)35-17-15-34(16-18-35)28-13-5-6-14-29(28)37-4-2/h5-14,19,21,26,33H,3-4,15-18,20H2,1-2H3. The van der Waals surface area contributed by atoms with Crippen LogP contribution in [-0.4, -0.2) is 48.6 Å². The van der Waals surface area contributed by atoms with Crippen molar-refractivity contribution in [3.05, 3.63) is 95.4 Å². The molecule has 5 rings (SSSR count). The number of ether oxygens (including phenoxy) is 1. The number of amides is 1. The van der Waals surface area contributed by atoms with Crippen molar-refractivity contribution in [1.82, 2.24) is 9.88 Å². The molecule has 1 atom stereocenters. The lowest BCUT2D eigenvalue weighted by Gasteiger charge is -2.37. The molecule has 1 saturated heterocycles. The summed E-state index contributed by atoms with van der Waals surface area (Å²) < 4.78 is 20.1. The Morgan fingerprint density at radius 2 is 1.78 bits per heavy atom. The van der Waals surface area contributed by atoms with Gasteiger partial charge in [-0.3, -0.25) is 4.79 Å². The smallest absolute Gasteiger partial charge is 0.223 e. The van der Waals surface area contributed by atoms with Gasteiger partial charge in [-0.05, 0) is 54.3 Å². The SMILES string of the molecule is CCOc1ccccc1N1CCN(C(=O)CC(c2cccc(F)c2)c2c[nH]c3c(CC)cccc23)CC1. The van der Waals surface area contributed by atoms with Gasteiger partial charge in [-0.25, -0.2) is 4.39 Å². The number of nitrogens with one attached hydrogen (secondary N) is 1. The van der Waals surface area contributed by atoms with Crippen LogP contribution < -0.4 is 9.64 Å². The van der Waals surface area contributed by atoms with Crippen LogP contribution in [0.25, 0.3) is 10.9 Å². The summed E-state index contributed by atoms with van der Waals surface area (Å²) in [4.78, 5) is 21.3. The van der Waals surface area contributed by atoms with Gasteiger partial charge < -0.3 is 19.5 Å². The number of aryl methyl sites for hydroxylation is 1. The lowest BCUT2D eigenvalue weighted by Crippen LogP contribution is -2.49. The highest BCUT2D eigenvalue weighted by molar-refractivity contribution is 5.88. The van der Waals surface area contributed by atoms with Gasteiger partial charge in [0.25, 0.3) is 0 Å². The third-order valence-corrected chi connectivity index (χ3v) is 7.36. The van der Waals surface area contributed by atoms with E-state index in [1.54, 1.807) is 12.1 Å². The molecule has 5 nitrogen and oxygen atoms in total. The van der Waals surface area contributed by atoms with E-state index in [2.05, 4.69) is 41.1 Å². The van der Waals surface area contributed by atoms with Crippen molar-refractivity contribution in [3.8, 4) is 5.75 Å². The normalized spacial score (nSPS) is 14.7. The lowest BCUT2D eigenvalue weighted by molar-refractivity contribution is -0.131. The fourth-order valence-corrected chi connectivity index (χ4v) is 5.45. The van der Waals surface area contributed by atoms with Crippen LogP contribution in [0.15, 0.2) is 72.9 Å². The molecule has 0 spiro atoms. The number of halogens is 1. The van der Waals surface area contributed by atoms with E-state index in [1.807, 2.05) is 42.3 Å². The van der Waals surface area contributed by atoms with Gasteiger partial charge in [0.15, 0.2) is 0 Å². The van der Waals surface area contributed by atoms with E-state index in [9.17, 15) is 9.18 Å². The summed E-state index contributed by atoms with van der Waals surface area (Å²) >= 11 is 0. The summed E-state index contributed by atoms with van der Waals surface area (Å²) in [6.45, 7) is 7.51. The number of hydrogen-bond donors (Lipinski definition) is 1. The molecule has 2 heterocycles. The number of anilines is 1. The number of nitrogens with zero attached hydrogens (tertiary/aromatic N) is 2. The second-order valence-corrected chi connectivity index (χ2v) is 9.52. The number of hydrogen-bond acceptors (Lipinski definition) is 3. The third-order valence-electron chi connectivity index (χ3n) is 7.36. The first-order chi connectivity index (χ1) is 18.1. The van der Waals surface area contributed by atoms with Crippen molar-refractivity contribution >= 4 is 22.5 Å². The molecule has 6 heteroatoms. The zero-order chi connectivity index (χ0) is 25.8. The van der Waals surface area contributed by atoms with Crippen molar-refractivity contribution in [1.29, 1.82) is 0 Å². The fraction of sp³-hybridized carbons (Fsp3) is 0.323. The number of fused-ring (bicyclic) bond motifs is 1. The summed E-state index contributed by atoms with van der Waals surface area (Å²) in [7, 11) is 0. The number of benzene rings is 3. The molecule has 192 valence electrons. The maximum absolute atomic E-state index is 14.3. The molecule has 1 aromatic heterocycles. The highest BCUT2D eigenvalue weighted by Gasteiger charge is 2.28. The number of H-pyrrole nitrogens is 1. The molecule has 0 bridgehead atoms. The average Bonchev–Trinajstić information content (AvgIpc) is 3.36. The van der Waals surface area contributed by atoms with Crippen LogP contribution in [0.5, 0.6) is 5.75 Å². The predicted molar refractivity (Wildman–Crippen MR) is 147 cm³/mol. The molecule has 0 saturated carbocycles. The van der Waals surface area contributed by atoms with Gasteiger partial charge in [0.2, 0.25) is 5.91 Å². The van der Waals surface area contributed by atoms with Crippen LogP contribution in [0, 0.1) is 5.82 Å². The minimum Gasteiger partial charge on any atom is -0.492 e. The van der Waals surface area contributed by atoms with E-state index in [-0.39, 0.29) is 17.6 Å². The van der Waals surface area contributed by atoms with E-state index < -0.39 is 0 Å². The van der Waals surface area contributed by atoms with Crippen LogP contribution in [0.2, 0.25) is 0 Å². The molecule has 1 N–H and O–H groups in total. The molecule has 1 unspecified atom stereocenters. The Labute approximate surface area is 217 Å². The topological polar surface area (TPSA) is 48.6 Å². The van der Waals surface area contributed by atoms with E-state index in [0.717, 1.165) is 53.0 Å². The van der Waals surface area contributed by atoms with Gasteiger partial charge in [0, 0.05) is 55.6 Å². The number of carbonyl (C=O) groups is 1. The van der Waals surface area contributed by atoms with E-state index in [0.29, 0.717) is 26.1 Å². The van der Waals surface area contributed by atoms with Crippen LogP contribution in [0.1, 0.15) is 42.9 Å². The Morgan fingerprint density at radius 1 is 1.00 bits per heavy atom. The summed E-state index contributed by atoms with van der Waals surface area (Å²) in [5, 5.41) is 1.10. The molecule has 1 aliphatic rings. The van der Waals surface area contributed by atoms with E-state index >= 15 is 0 Å². The number of piperazine rings is 1.